The number of amides is 1. The van der Waals surface area contributed by atoms with Crippen molar-refractivity contribution in [2.24, 2.45) is 7.05 Å². The molecule has 2 N–H and O–H groups in total. The highest BCUT2D eigenvalue weighted by Gasteiger charge is 2.47. The van der Waals surface area contributed by atoms with Crippen LogP contribution in [0, 0.1) is 17.5 Å². The third-order valence-electron chi connectivity index (χ3n) is 6.21. The first-order valence-corrected chi connectivity index (χ1v) is 10.7. The first kappa shape index (κ1) is 21.7. The summed E-state index contributed by atoms with van der Waals surface area (Å²) in [5, 5.41) is 9.99. The summed E-state index contributed by atoms with van der Waals surface area (Å²) in [5.41, 5.74) is -1.45. The SMILES string of the molecule is Cn1cc(F)c(N2C[C@](C)(c3cccc(Cl)c3F)c3c(cnc(NC4CNC4)c3F)C2=O)n1. The van der Waals surface area contributed by atoms with Crippen molar-refractivity contribution in [2.75, 3.05) is 29.9 Å². The number of pyridine rings is 1. The Bertz CT molecular complexity index is 1280. The van der Waals surface area contributed by atoms with E-state index in [1.807, 2.05) is 0 Å². The van der Waals surface area contributed by atoms with Crippen LogP contribution in [0.2, 0.25) is 5.02 Å². The molecule has 1 aromatic carbocycles. The van der Waals surface area contributed by atoms with Crippen LogP contribution in [0.1, 0.15) is 28.4 Å². The minimum absolute atomic E-state index is 0.0161. The van der Waals surface area contributed by atoms with Crippen molar-refractivity contribution in [1.29, 1.82) is 0 Å². The van der Waals surface area contributed by atoms with E-state index >= 15 is 8.78 Å². The maximum Gasteiger partial charge on any atom is 0.261 e. The second-order valence-corrected chi connectivity index (χ2v) is 8.92. The van der Waals surface area contributed by atoms with E-state index in [-0.39, 0.29) is 45.9 Å². The lowest BCUT2D eigenvalue weighted by Gasteiger charge is -2.41. The van der Waals surface area contributed by atoms with Gasteiger partial charge in [-0.2, -0.15) is 5.10 Å². The van der Waals surface area contributed by atoms with Crippen molar-refractivity contribution in [3.63, 3.8) is 0 Å². The Morgan fingerprint density at radius 2 is 2.00 bits per heavy atom. The summed E-state index contributed by atoms with van der Waals surface area (Å²) in [4.78, 5) is 18.6. The van der Waals surface area contributed by atoms with Crippen molar-refractivity contribution in [3.05, 3.63) is 69.8 Å². The molecule has 172 valence electrons. The fraction of sp³-hybridized carbons (Fsp3) is 0.318. The Hall–Kier alpha value is -3.11. The van der Waals surface area contributed by atoms with Crippen LogP contribution in [0.15, 0.2) is 30.6 Å². The van der Waals surface area contributed by atoms with E-state index in [0.717, 1.165) is 11.1 Å². The third kappa shape index (κ3) is 3.36. The number of nitrogens with one attached hydrogen (secondary N) is 2. The Morgan fingerprint density at radius 1 is 1.24 bits per heavy atom. The van der Waals surface area contributed by atoms with Gasteiger partial charge in [0.2, 0.25) is 0 Å². The second kappa shape index (κ2) is 7.74. The molecule has 33 heavy (non-hydrogen) atoms. The van der Waals surface area contributed by atoms with Gasteiger partial charge < -0.3 is 10.6 Å². The highest BCUT2D eigenvalue weighted by Crippen LogP contribution is 2.44. The number of aryl methyl sites for hydroxylation is 1. The highest BCUT2D eigenvalue weighted by atomic mass is 35.5. The highest BCUT2D eigenvalue weighted by molar-refractivity contribution is 6.30. The van der Waals surface area contributed by atoms with Gasteiger partial charge in [-0.15, -0.1) is 0 Å². The number of fused-ring (bicyclic) bond motifs is 1. The summed E-state index contributed by atoms with van der Waals surface area (Å²) in [6.45, 7) is 2.63. The number of benzene rings is 1. The van der Waals surface area contributed by atoms with Gasteiger partial charge in [-0.1, -0.05) is 23.7 Å². The maximum atomic E-state index is 15.9. The Labute approximate surface area is 192 Å². The number of nitrogens with zero attached hydrogens (tertiary/aromatic N) is 4. The van der Waals surface area contributed by atoms with E-state index in [4.69, 9.17) is 11.6 Å². The lowest BCUT2D eigenvalue weighted by atomic mass is 9.71. The molecule has 1 amide bonds. The molecule has 2 aliphatic heterocycles. The van der Waals surface area contributed by atoms with Crippen LogP contribution in [0.3, 0.4) is 0 Å². The van der Waals surface area contributed by atoms with Crippen LogP contribution in [0.25, 0.3) is 0 Å². The lowest BCUT2D eigenvalue weighted by molar-refractivity contribution is 0.0966. The zero-order valence-electron chi connectivity index (χ0n) is 17.8. The van der Waals surface area contributed by atoms with Crippen molar-refractivity contribution in [2.45, 2.75) is 18.4 Å². The zero-order valence-corrected chi connectivity index (χ0v) is 18.6. The summed E-state index contributed by atoms with van der Waals surface area (Å²) in [6.07, 6.45) is 2.36. The van der Waals surface area contributed by atoms with Crippen LogP contribution >= 0.6 is 11.6 Å². The van der Waals surface area contributed by atoms with Gasteiger partial charge in [-0.25, -0.2) is 18.2 Å². The normalized spacial score (nSPS) is 20.5. The topological polar surface area (TPSA) is 75.1 Å². The Kier molecular flexibility index (Phi) is 5.09. The van der Waals surface area contributed by atoms with Gasteiger partial charge in [0.15, 0.2) is 23.3 Å². The Morgan fingerprint density at radius 3 is 2.64 bits per heavy atom. The molecule has 0 spiro atoms. The zero-order chi connectivity index (χ0) is 23.5. The quantitative estimate of drug-likeness (QED) is 0.605. The first-order chi connectivity index (χ1) is 15.7. The molecule has 0 radical (unpaired) electrons. The van der Waals surface area contributed by atoms with E-state index < -0.39 is 28.8 Å². The minimum atomic E-state index is -1.41. The molecule has 3 aromatic rings. The molecule has 2 aliphatic rings. The fourth-order valence-corrected chi connectivity index (χ4v) is 4.61. The smallest absolute Gasteiger partial charge is 0.261 e. The van der Waals surface area contributed by atoms with E-state index in [1.54, 1.807) is 13.0 Å². The number of hydrogen-bond donors (Lipinski definition) is 2. The summed E-state index contributed by atoms with van der Waals surface area (Å²) in [6, 6.07) is 4.40. The molecular weight excluding hydrogens is 457 g/mol. The number of halogens is 4. The molecule has 0 unspecified atom stereocenters. The number of aromatic nitrogens is 3. The predicted octanol–water partition coefficient (Wildman–Crippen LogP) is 3.24. The molecule has 7 nitrogen and oxygen atoms in total. The number of carbonyl (C=O) groups excluding carboxylic acids is 1. The molecule has 2 aromatic heterocycles. The first-order valence-electron chi connectivity index (χ1n) is 10.3. The van der Waals surface area contributed by atoms with E-state index in [1.165, 1.54) is 30.1 Å². The van der Waals surface area contributed by atoms with E-state index in [0.29, 0.717) is 13.1 Å². The molecule has 0 bridgehead atoms. The standard InChI is InChI=1S/C22H20ClF3N6O/c1-22(13-4-3-5-14(23)17(13)25)10-32(20-15(24)9-31(2)30-20)21(33)12-8-28-19(18(26)16(12)22)29-11-6-27-7-11/h3-5,8-9,11,27H,6-7,10H2,1-2H3,(H,28,29)/t22-/m1/s1. The van der Waals surface area contributed by atoms with Gasteiger partial charge in [0.25, 0.3) is 5.91 Å². The number of carbonyl (C=O) groups is 1. The number of hydrogen-bond acceptors (Lipinski definition) is 5. The molecular formula is C22H20ClF3N6O. The van der Waals surface area contributed by atoms with Gasteiger partial charge >= 0.3 is 0 Å². The molecule has 1 fully saturated rings. The average Bonchev–Trinajstić information content (AvgIpc) is 3.08. The third-order valence-corrected chi connectivity index (χ3v) is 6.50. The number of rotatable bonds is 4. The predicted molar refractivity (Wildman–Crippen MR) is 117 cm³/mol. The molecule has 5 rings (SSSR count). The van der Waals surface area contributed by atoms with Crippen LogP contribution in [-0.4, -0.2) is 46.3 Å². The largest absolute Gasteiger partial charge is 0.362 e. The van der Waals surface area contributed by atoms with Crippen molar-refractivity contribution < 1.29 is 18.0 Å². The van der Waals surface area contributed by atoms with Crippen molar-refractivity contribution in [1.82, 2.24) is 20.1 Å². The van der Waals surface area contributed by atoms with E-state index in [2.05, 4.69) is 20.7 Å². The second-order valence-electron chi connectivity index (χ2n) is 8.51. The molecule has 0 aliphatic carbocycles. The fourth-order valence-electron chi connectivity index (χ4n) is 4.44. The van der Waals surface area contributed by atoms with Gasteiger partial charge in [0.05, 0.1) is 22.8 Å². The van der Waals surface area contributed by atoms with Gasteiger partial charge in [0.1, 0.15) is 5.82 Å². The summed E-state index contributed by atoms with van der Waals surface area (Å²) >= 11 is 6.04. The average molecular weight is 477 g/mol. The maximum absolute atomic E-state index is 15.9. The molecule has 11 heteroatoms. The van der Waals surface area contributed by atoms with Gasteiger partial charge in [-0.3, -0.25) is 14.4 Å². The monoisotopic (exact) mass is 476 g/mol. The minimum Gasteiger partial charge on any atom is -0.362 e. The van der Waals surface area contributed by atoms with E-state index in [9.17, 15) is 9.18 Å². The van der Waals surface area contributed by atoms with Crippen LogP contribution in [-0.2, 0) is 12.5 Å². The molecule has 0 saturated carbocycles. The van der Waals surface area contributed by atoms with Crippen molar-refractivity contribution in [3.8, 4) is 0 Å². The summed E-state index contributed by atoms with van der Waals surface area (Å²) < 4.78 is 47.0. The van der Waals surface area contributed by atoms with Crippen LogP contribution < -0.4 is 15.5 Å². The lowest BCUT2D eigenvalue weighted by Crippen LogP contribution is -2.52. The molecule has 1 atom stereocenters. The molecule has 1 saturated heterocycles. The van der Waals surface area contributed by atoms with Crippen molar-refractivity contribution >= 4 is 29.1 Å². The number of anilines is 2. The van der Waals surface area contributed by atoms with Gasteiger partial charge in [-0.05, 0) is 13.0 Å². The summed E-state index contributed by atoms with van der Waals surface area (Å²) in [7, 11) is 1.51. The molecule has 4 heterocycles. The summed E-state index contributed by atoms with van der Waals surface area (Å²) in [5.74, 6) is -3.16. The van der Waals surface area contributed by atoms with Crippen LogP contribution in [0.5, 0.6) is 0 Å². The van der Waals surface area contributed by atoms with Crippen LogP contribution in [0.4, 0.5) is 24.8 Å². The Balaban J connectivity index is 1.73. The van der Waals surface area contributed by atoms with Gasteiger partial charge in [0, 0.05) is 49.4 Å².